The second kappa shape index (κ2) is 4.95. The zero-order chi connectivity index (χ0) is 13.2. The molecule has 6 nitrogen and oxygen atoms in total. The second-order valence-electron chi connectivity index (χ2n) is 3.97. The first kappa shape index (κ1) is 12.8. The number of primary amides is 1. The van der Waals surface area contributed by atoms with Gasteiger partial charge in [-0.15, -0.1) is 0 Å². The normalized spacial score (nSPS) is 18.3. The van der Waals surface area contributed by atoms with Crippen molar-refractivity contribution < 1.29 is 22.7 Å². The molecule has 0 aromatic heterocycles. The van der Waals surface area contributed by atoms with E-state index >= 15 is 0 Å². The Hall–Kier alpha value is -1.60. The largest absolute Gasteiger partial charge is 0.491 e. The molecule has 1 aliphatic heterocycles. The van der Waals surface area contributed by atoms with Gasteiger partial charge in [-0.3, -0.25) is 4.79 Å². The summed E-state index contributed by atoms with van der Waals surface area (Å²) in [5, 5.41) is 0. The van der Waals surface area contributed by atoms with E-state index in [2.05, 4.69) is 0 Å². The molecule has 7 heteroatoms. The van der Waals surface area contributed by atoms with E-state index in [1.54, 1.807) is 12.1 Å². The van der Waals surface area contributed by atoms with Crippen LogP contribution >= 0.6 is 0 Å². The molecule has 18 heavy (non-hydrogen) atoms. The number of carbonyl (C=O) groups excluding carboxylic acids is 1. The number of amides is 1. The summed E-state index contributed by atoms with van der Waals surface area (Å²) in [7, 11) is -3.69. The van der Waals surface area contributed by atoms with Gasteiger partial charge in [0, 0.05) is 0 Å². The molecule has 1 aliphatic rings. The van der Waals surface area contributed by atoms with Gasteiger partial charge < -0.3 is 15.2 Å². The van der Waals surface area contributed by atoms with Gasteiger partial charge in [0.2, 0.25) is 5.91 Å². The highest BCUT2D eigenvalue weighted by molar-refractivity contribution is 7.92. The molecule has 1 heterocycles. The first-order valence-electron chi connectivity index (χ1n) is 5.33. The van der Waals surface area contributed by atoms with E-state index in [-0.39, 0.29) is 11.0 Å². The molecule has 2 N–H and O–H groups in total. The van der Waals surface area contributed by atoms with Gasteiger partial charge in [0.25, 0.3) is 0 Å². The molecule has 1 fully saturated rings. The zero-order valence-corrected chi connectivity index (χ0v) is 10.4. The van der Waals surface area contributed by atoms with Crippen molar-refractivity contribution in [1.29, 1.82) is 0 Å². The Morgan fingerprint density at radius 1 is 1.50 bits per heavy atom. The van der Waals surface area contributed by atoms with Crippen molar-refractivity contribution in [2.24, 2.45) is 5.73 Å². The zero-order valence-electron chi connectivity index (χ0n) is 9.53. The van der Waals surface area contributed by atoms with Crippen molar-refractivity contribution in [3.05, 3.63) is 24.3 Å². The lowest BCUT2D eigenvalue weighted by molar-refractivity contribution is -0.115. The van der Waals surface area contributed by atoms with E-state index in [1.807, 2.05) is 0 Å². The molecule has 0 bridgehead atoms. The summed E-state index contributed by atoms with van der Waals surface area (Å²) in [6.45, 7) is 1.05. The smallest absolute Gasteiger partial charge is 0.233 e. The maximum atomic E-state index is 11.8. The fraction of sp³-hybridized carbons (Fsp3) is 0.364. The molecule has 0 aliphatic carbocycles. The number of carbonyl (C=O) groups is 1. The molecule has 1 saturated heterocycles. The molecule has 1 atom stereocenters. The van der Waals surface area contributed by atoms with Crippen molar-refractivity contribution >= 4 is 15.7 Å². The van der Waals surface area contributed by atoms with Gasteiger partial charge in [-0.25, -0.2) is 8.42 Å². The molecule has 1 unspecified atom stereocenters. The number of rotatable bonds is 6. The second-order valence-corrected chi connectivity index (χ2v) is 5.96. The minimum Gasteiger partial charge on any atom is -0.491 e. The van der Waals surface area contributed by atoms with Gasteiger partial charge in [-0.2, -0.15) is 0 Å². The Labute approximate surface area is 105 Å². The van der Waals surface area contributed by atoms with Crippen molar-refractivity contribution in [3.8, 4) is 5.75 Å². The van der Waals surface area contributed by atoms with Crippen molar-refractivity contribution in [1.82, 2.24) is 0 Å². The number of ether oxygens (including phenoxy) is 2. The fourth-order valence-corrected chi connectivity index (χ4v) is 2.50. The Kier molecular flexibility index (Phi) is 3.53. The van der Waals surface area contributed by atoms with Crippen LogP contribution < -0.4 is 10.5 Å². The number of hydrogen-bond acceptors (Lipinski definition) is 5. The Balaban J connectivity index is 2.12. The molecule has 98 valence electrons. The lowest BCUT2D eigenvalue weighted by Gasteiger charge is -2.06. The van der Waals surface area contributed by atoms with Gasteiger partial charge in [0.05, 0.1) is 11.5 Å². The number of hydrogen-bond donors (Lipinski definition) is 1. The van der Waals surface area contributed by atoms with Gasteiger partial charge in [0.15, 0.2) is 9.84 Å². The number of nitrogens with two attached hydrogens (primary N) is 1. The van der Waals surface area contributed by atoms with E-state index in [1.165, 1.54) is 12.1 Å². The minimum absolute atomic E-state index is 0.0236. The number of benzene rings is 1. The van der Waals surface area contributed by atoms with Crippen LogP contribution in [0.1, 0.15) is 0 Å². The standard InChI is InChI=1S/C11H13NO5S/c12-11(13)7-18(14,15)10-3-1-2-8(4-10)16-5-9-6-17-9/h1-4,9H,5-7H2,(H2,12,13). The predicted molar refractivity (Wildman–Crippen MR) is 62.9 cm³/mol. The summed E-state index contributed by atoms with van der Waals surface area (Å²) in [6, 6.07) is 5.97. The number of epoxide rings is 1. The van der Waals surface area contributed by atoms with E-state index in [4.69, 9.17) is 15.2 Å². The topological polar surface area (TPSA) is 99.0 Å². The predicted octanol–water partition coefficient (Wildman–Crippen LogP) is -0.277. The highest BCUT2D eigenvalue weighted by Crippen LogP contribution is 2.20. The van der Waals surface area contributed by atoms with Crippen LogP contribution in [0.25, 0.3) is 0 Å². The van der Waals surface area contributed by atoms with Gasteiger partial charge in [-0.1, -0.05) is 6.07 Å². The lowest BCUT2D eigenvalue weighted by atomic mass is 10.3. The summed E-state index contributed by atoms with van der Waals surface area (Å²) >= 11 is 0. The van der Waals surface area contributed by atoms with Crippen LogP contribution in [0.4, 0.5) is 0 Å². The van der Waals surface area contributed by atoms with Gasteiger partial charge >= 0.3 is 0 Å². The summed E-state index contributed by atoms with van der Waals surface area (Å²) in [6.07, 6.45) is 0.0934. The Morgan fingerprint density at radius 3 is 2.83 bits per heavy atom. The molecular weight excluding hydrogens is 258 g/mol. The molecule has 0 spiro atoms. The van der Waals surface area contributed by atoms with Crippen LogP contribution in [-0.4, -0.2) is 39.4 Å². The van der Waals surface area contributed by atoms with Crippen LogP contribution in [0.3, 0.4) is 0 Å². The highest BCUT2D eigenvalue weighted by atomic mass is 32.2. The van der Waals surface area contributed by atoms with Crippen molar-refractivity contribution in [3.63, 3.8) is 0 Å². The highest BCUT2D eigenvalue weighted by Gasteiger charge is 2.23. The summed E-state index contributed by atoms with van der Waals surface area (Å²) in [4.78, 5) is 10.7. The van der Waals surface area contributed by atoms with Gasteiger partial charge in [-0.05, 0) is 18.2 Å². The third kappa shape index (κ3) is 3.44. The monoisotopic (exact) mass is 271 g/mol. The summed E-state index contributed by atoms with van der Waals surface area (Å²) < 4.78 is 33.9. The number of sulfone groups is 1. The van der Waals surface area contributed by atoms with Crippen molar-refractivity contribution in [2.75, 3.05) is 19.0 Å². The maximum Gasteiger partial charge on any atom is 0.233 e. The Morgan fingerprint density at radius 2 is 2.22 bits per heavy atom. The molecule has 1 aromatic carbocycles. The van der Waals surface area contributed by atoms with E-state index in [0.29, 0.717) is 19.0 Å². The third-order valence-electron chi connectivity index (χ3n) is 2.34. The fourth-order valence-electron chi connectivity index (χ4n) is 1.38. The molecular formula is C11H13NO5S. The minimum atomic E-state index is -3.69. The summed E-state index contributed by atoms with van der Waals surface area (Å²) in [5.41, 5.74) is 4.89. The van der Waals surface area contributed by atoms with E-state index < -0.39 is 21.5 Å². The van der Waals surface area contributed by atoms with Crippen LogP contribution in [-0.2, 0) is 19.4 Å². The first-order chi connectivity index (χ1) is 8.47. The maximum absolute atomic E-state index is 11.8. The average Bonchev–Trinajstić information content (AvgIpc) is 3.09. The molecule has 0 radical (unpaired) electrons. The molecule has 1 amide bonds. The van der Waals surface area contributed by atoms with E-state index in [9.17, 15) is 13.2 Å². The van der Waals surface area contributed by atoms with Crippen LogP contribution in [0.2, 0.25) is 0 Å². The summed E-state index contributed by atoms with van der Waals surface area (Å²) in [5.74, 6) is -1.16. The van der Waals surface area contributed by atoms with Crippen LogP contribution in [0, 0.1) is 0 Å². The average molecular weight is 271 g/mol. The van der Waals surface area contributed by atoms with Crippen LogP contribution in [0.5, 0.6) is 5.75 Å². The van der Waals surface area contributed by atoms with Crippen LogP contribution in [0.15, 0.2) is 29.2 Å². The van der Waals surface area contributed by atoms with E-state index in [0.717, 1.165) is 0 Å². The molecule has 1 aromatic rings. The Bertz CT molecular complexity index is 550. The molecule has 2 rings (SSSR count). The first-order valence-corrected chi connectivity index (χ1v) is 6.98. The third-order valence-corrected chi connectivity index (χ3v) is 3.97. The lowest BCUT2D eigenvalue weighted by Crippen LogP contribution is -2.23. The quantitative estimate of drug-likeness (QED) is 0.718. The van der Waals surface area contributed by atoms with Gasteiger partial charge in [0.1, 0.15) is 24.2 Å². The molecule has 0 saturated carbocycles. The van der Waals surface area contributed by atoms with Crippen molar-refractivity contribution in [2.45, 2.75) is 11.0 Å². The SMILES string of the molecule is NC(=O)CS(=O)(=O)c1cccc(OCC2CO2)c1.